The van der Waals surface area contributed by atoms with Crippen molar-refractivity contribution >= 4 is 11.9 Å². The predicted octanol–water partition coefficient (Wildman–Crippen LogP) is 2.89. The van der Waals surface area contributed by atoms with Crippen LogP contribution in [0.5, 0.6) is 0 Å². The molecule has 0 N–H and O–H groups in total. The third kappa shape index (κ3) is 3.32. The highest BCUT2D eigenvalue weighted by Gasteiger charge is 2.42. The number of fused-ring (bicyclic) bond motifs is 2. The molecule has 2 heterocycles. The van der Waals surface area contributed by atoms with Crippen molar-refractivity contribution in [2.45, 2.75) is 43.9 Å². The van der Waals surface area contributed by atoms with Gasteiger partial charge in [-0.2, -0.15) is 0 Å². The van der Waals surface area contributed by atoms with Gasteiger partial charge in [-0.1, -0.05) is 24.3 Å². The molecule has 3 aliphatic rings. The highest BCUT2D eigenvalue weighted by Crippen LogP contribution is 2.46. The molecule has 146 valence electrons. The second-order valence-electron chi connectivity index (χ2n) is 8.72. The average molecular weight is 370 g/mol. The van der Waals surface area contributed by atoms with E-state index < -0.39 is 0 Å². The zero-order chi connectivity index (χ0) is 19.0. The van der Waals surface area contributed by atoms with Gasteiger partial charge in [-0.05, 0) is 55.1 Å². The maximum Gasteiger partial charge on any atom is 0.319 e. The van der Waals surface area contributed by atoms with Crippen molar-refractivity contribution < 1.29 is 9.59 Å². The van der Waals surface area contributed by atoms with E-state index in [4.69, 9.17) is 0 Å². The van der Waals surface area contributed by atoms with Crippen molar-refractivity contribution in [3.8, 4) is 0 Å². The van der Waals surface area contributed by atoms with Crippen molar-refractivity contribution in [2.75, 3.05) is 40.3 Å². The molecule has 0 bridgehead atoms. The van der Waals surface area contributed by atoms with Gasteiger partial charge in [0.05, 0.1) is 5.92 Å². The summed E-state index contributed by atoms with van der Waals surface area (Å²) in [5, 5.41) is 0. The first-order valence-electron chi connectivity index (χ1n) is 10.3. The van der Waals surface area contributed by atoms with Gasteiger partial charge in [0.1, 0.15) is 0 Å². The van der Waals surface area contributed by atoms with E-state index in [-0.39, 0.29) is 23.3 Å². The van der Waals surface area contributed by atoms with Gasteiger partial charge < -0.3 is 14.7 Å². The topological polar surface area (TPSA) is 43.9 Å². The number of urea groups is 1. The molecule has 4 rings (SSSR count). The van der Waals surface area contributed by atoms with Gasteiger partial charge in [0.25, 0.3) is 0 Å². The monoisotopic (exact) mass is 369 g/mol. The summed E-state index contributed by atoms with van der Waals surface area (Å²) in [5.74, 6) is 0.222. The van der Waals surface area contributed by atoms with Crippen LogP contribution in [-0.2, 0) is 16.6 Å². The highest BCUT2D eigenvalue weighted by molar-refractivity contribution is 5.81. The lowest BCUT2D eigenvalue weighted by molar-refractivity contribution is -0.138. The third-order valence-corrected chi connectivity index (χ3v) is 6.92. The van der Waals surface area contributed by atoms with Crippen LogP contribution in [0.1, 0.15) is 43.2 Å². The Balaban J connectivity index is 1.39. The van der Waals surface area contributed by atoms with Crippen LogP contribution < -0.4 is 0 Å². The lowest BCUT2D eigenvalue weighted by Crippen LogP contribution is -2.51. The predicted molar refractivity (Wildman–Crippen MR) is 106 cm³/mol. The standard InChI is InChI=1S/C22H31N3O2/c1-23(2)21(27)25-13-5-7-18(16-25)20(26)24-14-11-22(12-15-24)10-9-17-6-3-4-8-19(17)22/h3-4,6,8,18H,5,7,9-16H2,1-2H3. The number of benzene rings is 1. The molecular weight excluding hydrogens is 338 g/mol. The number of hydrogen-bond donors (Lipinski definition) is 0. The second-order valence-corrected chi connectivity index (χ2v) is 8.72. The van der Waals surface area contributed by atoms with Crippen LogP contribution in [0, 0.1) is 5.92 Å². The molecule has 1 aromatic rings. The molecule has 1 unspecified atom stereocenters. The minimum Gasteiger partial charge on any atom is -0.342 e. The van der Waals surface area contributed by atoms with Gasteiger partial charge in [0.15, 0.2) is 0 Å². The molecule has 1 aromatic carbocycles. The molecule has 2 aliphatic heterocycles. The summed E-state index contributed by atoms with van der Waals surface area (Å²) in [6.45, 7) is 3.04. The molecule has 1 aliphatic carbocycles. The van der Waals surface area contributed by atoms with E-state index in [9.17, 15) is 9.59 Å². The van der Waals surface area contributed by atoms with E-state index in [0.717, 1.165) is 45.3 Å². The van der Waals surface area contributed by atoms with Crippen LogP contribution in [0.15, 0.2) is 24.3 Å². The van der Waals surface area contributed by atoms with Crippen molar-refractivity contribution in [2.24, 2.45) is 5.92 Å². The van der Waals surface area contributed by atoms with E-state index in [1.54, 1.807) is 19.0 Å². The molecule has 0 aromatic heterocycles. The van der Waals surface area contributed by atoms with Crippen molar-refractivity contribution in [1.82, 2.24) is 14.7 Å². The van der Waals surface area contributed by atoms with Crippen LogP contribution in [0.4, 0.5) is 4.79 Å². The SMILES string of the molecule is CN(C)C(=O)N1CCCC(C(=O)N2CCC3(CCc4ccccc43)CC2)C1. The molecule has 27 heavy (non-hydrogen) atoms. The van der Waals surface area contributed by atoms with Gasteiger partial charge in [0.2, 0.25) is 5.91 Å². The lowest BCUT2D eigenvalue weighted by Gasteiger charge is -2.42. The maximum absolute atomic E-state index is 13.1. The Hall–Kier alpha value is -2.04. The molecule has 0 radical (unpaired) electrons. The summed E-state index contributed by atoms with van der Waals surface area (Å²) in [6.07, 6.45) is 6.37. The maximum atomic E-state index is 13.1. The average Bonchev–Trinajstić information content (AvgIpc) is 3.06. The van der Waals surface area contributed by atoms with E-state index in [2.05, 4.69) is 29.2 Å². The summed E-state index contributed by atoms with van der Waals surface area (Å²) >= 11 is 0. The fraction of sp³-hybridized carbons (Fsp3) is 0.636. The largest absolute Gasteiger partial charge is 0.342 e. The number of piperidine rings is 2. The Bertz CT molecular complexity index is 722. The van der Waals surface area contributed by atoms with E-state index >= 15 is 0 Å². The lowest BCUT2D eigenvalue weighted by atomic mass is 9.73. The summed E-state index contributed by atoms with van der Waals surface area (Å²) in [6, 6.07) is 8.88. The Labute approximate surface area is 162 Å². The molecule has 1 atom stereocenters. The minimum atomic E-state index is -0.0347. The van der Waals surface area contributed by atoms with Crippen LogP contribution in [-0.4, -0.2) is 66.9 Å². The normalized spacial score (nSPS) is 24.0. The molecule has 3 amide bonds. The number of nitrogens with zero attached hydrogens (tertiary/aromatic N) is 3. The number of hydrogen-bond acceptors (Lipinski definition) is 2. The van der Waals surface area contributed by atoms with Crippen LogP contribution in [0.25, 0.3) is 0 Å². The third-order valence-electron chi connectivity index (χ3n) is 6.92. The van der Waals surface area contributed by atoms with Crippen LogP contribution in [0.3, 0.4) is 0 Å². The molecule has 2 saturated heterocycles. The Morgan fingerprint density at radius 1 is 1.04 bits per heavy atom. The van der Waals surface area contributed by atoms with Gasteiger partial charge in [-0.25, -0.2) is 4.79 Å². The first-order valence-corrected chi connectivity index (χ1v) is 10.3. The summed E-state index contributed by atoms with van der Waals surface area (Å²) < 4.78 is 0. The first-order chi connectivity index (χ1) is 13.0. The Morgan fingerprint density at radius 3 is 2.52 bits per heavy atom. The second kappa shape index (κ2) is 7.17. The first kappa shape index (κ1) is 18.3. The van der Waals surface area contributed by atoms with Crippen molar-refractivity contribution in [3.05, 3.63) is 35.4 Å². The van der Waals surface area contributed by atoms with Gasteiger partial charge in [-0.3, -0.25) is 4.79 Å². The number of rotatable bonds is 1. The quantitative estimate of drug-likeness (QED) is 0.764. The smallest absolute Gasteiger partial charge is 0.319 e. The molecule has 1 spiro atoms. The molecule has 5 nitrogen and oxygen atoms in total. The summed E-state index contributed by atoms with van der Waals surface area (Å²) in [7, 11) is 3.55. The molecule has 5 heteroatoms. The van der Waals surface area contributed by atoms with Gasteiger partial charge in [-0.15, -0.1) is 0 Å². The highest BCUT2D eigenvalue weighted by atomic mass is 16.2. The minimum absolute atomic E-state index is 0.0210. The van der Waals surface area contributed by atoms with Crippen LogP contribution >= 0.6 is 0 Å². The fourth-order valence-corrected chi connectivity index (χ4v) is 5.33. The number of aryl methyl sites for hydroxylation is 1. The number of likely N-dealkylation sites (tertiary alicyclic amines) is 2. The van der Waals surface area contributed by atoms with Crippen molar-refractivity contribution in [3.63, 3.8) is 0 Å². The van der Waals surface area contributed by atoms with E-state index in [1.807, 2.05) is 4.90 Å². The van der Waals surface area contributed by atoms with E-state index in [1.165, 1.54) is 24.0 Å². The summed E-state index contributed by atoms with van der Waals surface area (Å²) in [4.78, 5) is 30.9. The number of amides is 3. The van der Waals surface area contributed by atoms with Crippen molar-refractivity contribution in [1.29, 1.82) is 0 Å². The Morgan fingerprint density at radius 2 is 1.78 bits per heavy atom. The van der Waals surface area contributed by atoms with Crippen LogP contribution in [0.2, 0.25) is 0 Å². The van der Waals surface area contributed by atoms with Gasteiger partial charge in [0, 0.05) is 40.3 Å². The molecular formula is C22H31N3O2. The number of carbonyl (C=O) groups is 2. The van der Waals surface area contributed by atoms with E-state index in [0.29, 0.717) is 6.54 Å². The molecule has 0 saturated carbocycles. The summed E-state index contributed by atoms with van der Waals surface area (Å²) in [5.41, 5.74) is 3.31. The zero-order valence-corrected chi connectivity index (χ0v) is 16.6. The zero-order valence-electron chi connectivity index (χ0n) is 16.6. The van der Waals surface area contributed by atoms with Gasteiger partial charge >= 0.3 is 6.03 Å². The number of carbonyl (C=O) groups excluding carboxylic acids is 2. The Kier molecular flexibility index (Phi) is 4.87. The molecule has 2 fully saturated rings. The fourth-order valence-electron chi connectivity index (χ4n) is 5.33.